The lowest BCUT2D eigenvalue weighted by Crippen LogP contribution is -2.28. The number of carbonyl (C=O) groups is 1. The summed E-state index contributed by atoms with van der Waals surface area (Å²) < 4.78 is 12.3. The molecule has 1 amide bonds. The van der Waals surface area contributed by atoms with Crippen LogP contribution in [0.25, 0.3) is 5.69 Å². The van der Waals surface area contributed by atoms with Gasteiger partial charge in [0.25, 0.3) is 5.91 Å². The fourth-order valence-electron chi connectivity index (χ4n) is 2.61. The van der Waals surface area contributed by atoms with Crippen molar-refractivity contribution in [2.75, 3.05) is 20.3 Å². The zero-order valence-corrected chi connectivity index (χ0v) is 15.9. The van der Waals surface area contributed by atoms with Crippen molar-refractivity contribution in [1.29, 1.82) is 0 Å². The quantitative estimate of drug-likeness (QED) is 0.630. The topological polar surface area (TPSA) is 65.4 Å². The first kappa shape index (κ1) is 18.8. The number of aromatic nitrogens is 2. The number of hydrogen-bond acceptors (Lipinski definition) is 4. The summed E-state index contributed by atoms with van der Waals surface area (Å²) in [7, 11) is 1.60. The molecule has 1 heterocycles. The molecule has 1 N–H and O–H groups in total. The lowest BCUT2D eigenvalue weighted by atomic mass is 10.2. The van der Waals surface area contributed by atoms with Crippen molar-refractivity contribution >= 4 is 17.5 Å². The first-order chi connectivity index (χ1) is 13.1. The second-order valence-electron chi connectivity index (χ2n) is 5.78. The third-order valence-electron chi connectivity index (χ3n) is 3.93. The van der Waals surface area contributed by atoms with E-state index in [1.54, 1.807) is 24.8 Å². The van der Waals surface area contributed by atoms with Crippen molar-refractivity contribution in [3.8, 4) is 17.2 Å². The fraction of sp³-hybridized carbons (Fsp3) is 0.200. The van der Waals surface area contributed by atoms with Crippen molar-refractivity contribution in [2.45, 2.75) is 6.92 Å². The highest BCUT2D eigenvalue weighted by Crippen LogP contribution is 2.23. The van der Waals surface area contributed by atoms with Crippen molar-refractivity contribution in [3.05, 3.63) is 71.0 Å². The van der Waals surface area contributed by atoms with E-state index in [1.165, 1.54) is 0 Å². The molecule has 7 heteroatoms. The number of nitrogens with one attached hydrogen (secondary N) is 1. The minimum absolute atomic E-state index is 0.282. The molecule has 2 aromatic carbocycles. The van der Waals surface area contributed by atoms with E-state index in [2.05, 4.69) is 10.4 Å². The van der Waals surface area contributed by atoms with E-state index in [0.717, 1.165) is 5.69 Å². The summed E-state index contributed by atoms with van der Waals surface area (Å²) >= 11 is 6.40. The minimum Gasteiger partial charge on any atom is -0.497 e. The SMILES string of the molecule is COc1cccc(OCCNC(=O)c2c(C)nn(-c3ccccc3)c2Cl)c1. The fourth-order valence-corrected chi connectivity index (χ4v) is 2.97. The van der Waals surface area contributed by atoms with E-state index in [0.29, 0.717) is 35.9 Å². The second kappa shape index (κ2) is 8.60. The predicted molar refractivity (Wildman–Crippen MR) is 104 cm³/mol. The second-order valence-corrected chi connectivity index (χ2v) is 6.14. The van der Waals surface area contributed by atoms with Gasteiger partial charge in [0.1, 0.15) is 23.3 Å². The number of hydrogen-bond donors (Lipinski definition) is 1. The van der Waals surface area contributed by atoms with E-state index in [-0.39, 0.29) is 11.1 Å². The van der Waals surface area contributed by atoms with Gasteiger partial charge in [0, 0.05) is 6.07 Å². The van der Waals surface area contributed by atoms with E-state index in [1.807, 2.05) is 48.5 Å². The number of para-hydroxylation sites is 1. The van der Waals surface area contributed by atoms with Gasteiger partial charge >= 0.3 is 0 Å². The summed E-state index contributed by atoms with van der Waals surface area (Å²) in [5.41, 5.74) is 1.72. The zero-order chi connectivity index (χ0) is 19.2. The molecule has 0 saturated carbocycles. The Morgan fingerprint density at radius 2 is 1.89 bits per heavy atom. The molecule has 0 aliphatic carbocycles. The molecule has 6 nitrogen and oxygen atoms in total. The van der Waals surface area contributed by atoms with E-state index in [4.69, 9.17) is 21.1 Å². The Morgan fingerprint density at radius 3 is 2.63 bits per heavy atom. The molecule has 0 radical (unpaired) electrons. The van der Waals surface area contributed by atoms with Crippen LogP contribution in [-0.4, -0.2) is 35.9 Å². The molecule has 0 saturated heterocycles. The first-order valence-corrected chi connectivity index (χ1v) is 8.83. The average Bonchev–Trinajstić information content (AvgIpc) is 3.00. The van der Waals surface area contributed by atoms with Crippen molar-refractivity contribution < 1.29 is 14.3 Å². The monoisotopic (exact) mass is 385 g/mol. The van der Waals surface area contributed by atoms with Gasteiger partial charge in [0.05, 0.1) is 30.6 Å². The lowest BCUT2D eigenvalue weighted by molar-refractivity contribution is 0.0946. The minimum atomic E-state index is -0.283. The summed E-state index contributed by atoms with van der Waals surface area (Å²) in [6, 6.07) is 16.7. The number of nitrogens with zero attached hydrogens (tertiary/aromatic N) is 2. The molecule has 0 unspecified atom stereocenters. The van der Waals surface area contributed by atoms with Gasteiger partial charge in [-0.1, -0.05) is 35.9 Å². The molecule has 0 fully saturated rings. The molecule has 0 atom stereocenters. The van der Waals surface area contributed by atoms with Gasteiger partial charge in [-0.3, -0.25) is 4.79 Å². The zero-order valence-electron chi connectivity index (χ0n) is 15.1. The Hall–Kier alpha value is -2.99. The number of halogens is 1. The van der Waals surface area contributed by atoms with Crippen LogP contribution in [0, 0.1) is 6.92 Å². The van der Waals surface area contributed by atoms with Crippen LogP contribution in [0.5, 0.6) is 11.5 Å². The standard InChI is InChI=1S/C20H20ClN3O3/c1-14-18(19(21)24(23-14)15-7-4-3-5-8-15)20(25)22-11-12-27-17-10-6-9-16(13-17)26-2/h3-10,13H,11-12H2,1-2H3,(H,22,25). The Labute approximate surface area is 162 Å². The molecular weight excluding hydrogens is 366 g/mol. The maximum absolute atomic E-state index is 12.5. The van der Waals surface area contributed by atoms with E-state index >= 15 is 0 Å². The molecule has 1 aromatic heterocycles. The molecule has 0 bridgehead atoms. The molecule has 0 spiro atoms. The van der Waals surface area contributed by atoms with Crippen LogP contribution < -0.4 is 14.8 Å². The van der Waals surface area contributed by atoms with Gasteiger partial charge in [0.2, 0.25) is 0 Å². The number of ether oxygens (including phenoxy) is 2. The normalized spacial score (nSPS) is 10.5. The van der Waals surface area contributed by atoms with Gasteiger partial charge in [-0.25, -0.2) is 4.68 Å². The van der Waals surface area contributed by atoms with Crippen LogP contribution in [0.1, 0.15) is 16.1 Å². The highest BCUT2D eigenvalue weighted by atomic mass is 35.5. The van der Waals surface area contributed by atoms with E-state index in [9.17, 15) is 4.79 Å². The van der Waals surface area contributed by atoms with Gasteiger partial charge in [-0.2, -0.15) is 5.10 Å². The largest absolute Gasteiger partial charge is 0.497 e. The highest BCUT2D eigenvalue weighted by Gasteiger charge is 2.20. The number of rotatable bonds is 7. The van der Waals surface area contributed by atoms with Gasteiger partial charge in [-0.05, 0) is 31.2 Å². The molecule has 0 aliphatic rings. The van der Waals surface area contributed by atoms with Crippen LogP contribution >= 0.6 is 11.6 Å². The molecule has 27 heavy (non-hydrogen) atoms. The van der Waals surface area contributed by atoms with Crippen LogP contribution in [0.4, 0.5) is 0 Å². The Kier molecular flexibility index (Phi) is 5.98. The van der Waals surface area contributed by atoms with Crippen LogP contribution in [0.2, 0.25) is 5.15 Å². The number of benzene rings is 2. The third-order valence-corrected chi connectivity index (χ3v) is 4.28. The molecule has 140 valence electrons. The number of aryl methyl sites for hydroxylation is 1. The van der Waals surface area contributed by atoms with E-state index < -0.39 is 0 Å². The smallest absolute Gasteiger partial charge is 0.256 e. The van der Waals surface area contributed by atoms with Gasteiger partial charge < -0.3 is 14.8 Å². The molecule has 3 rings (SSSR count). The summed E-state index contributed by atoms with van der Waals surface area (Å²) in [4.78, 5) is 12.5. The Balaban J connectivity index is 1.60. The molecule has 3 aromatic rings. The Morgan fingerprint density at radius 1 is 1.15 bits per heavy atom. The maximum atomic E-state index is 12.5. The summed E-state index contributed by atoms with van der Waals surface area (Å²) in [6.07, 6.45) is 0. The Bertz CT molecular complexity index is 925. The number of carbonyl (C=O) groups excluding carboxylic acids is 1. The van der Waals surface area contributed by atoms with Gasteiger partial charge in [0.15, 0.2) is 0 Å². The molecule has 0 aliphatic heterocycles. The van der Waals surface area contributed by atoms with Crippen LogP contribution in [0.3, 0.4) is 0 Å². The van der Waals surface area contributed by atoms with Crippen LogP contribution in [-0.2, 0) is 0 Å². The third kappa shape index (κ3) is 4.41. The van der Waals surface area contributed by atoms with Crippen molar-refractivity contribution in [1.82, 2.24) is 15.1 Å². The van der Waals surface area contributed by atoms with Crippen molar-refractivity contribution in [3.63, 3.8) is 0 Å². The average molecular weight is 386 g/mol. The first-order valence-electron chi connectivity index (χ1n) is 8.45. The molecular formula is C20H20ClN3O3. The predicted octanol–water partition coefficient (Wildman–Crippen LogP) is 3.65. The lowest BCUT2D eigenvalue weighted by Gasteiger charge is -2.09. The number of methoxy groups -OCH3 is 1. The van der Waals surface area contributed by atoms with Crippen LogP contribution in [0.15, 0.2) is 54.6 Å². The van der Waals surface area contributed by atoms with Crippen molar-refractivity contribution in [2.24, 2.45) is 0 Å². The summed E-state index contributed by atoms with van der Waals surface area (Å²) in [6.45, 7) is 2.41. The summed E-state index contributed by atoms with van der Waals surface area (Å²) in [5.74, 6) is 1.11. The summed E-state index contributed by atoms with van der Waals surface area (Å²) in [5, 5.41) is 7.47. The highest BCUT2D eigenvalue weighted by molar-refractivity contribution is 6.33. The maximum Gasteiger partial charge on any atom is 0.256 e. The number of amides is 1. The van der Waals surface area contributed by atoms with Gasteiger partial charge in [-0.15, -0.1) is 0 Å².